The molecule has 1 unspecified atom stereocenters. The first kappa shape index (κ1) is 20.6. The summed E-state index contributed by atoms with van der Waals surface area (Å²) >= 11 is 6.23. The van der Waals surface area contributed by atoms with Gasteiger partial charge in [0.05, 0.1) is 24.8 Å². The van der Waals surface area contributed by atoms with E-state index in [1.807, 2.05) is 37.3 Å². The Morgan fingerprint density at radius 1 is 1.22 bits per heavy atom. The largest absolute Gasteiger partial charge is 0.493 e. The second-order valence-corrected chi connectivity index (χ2v) is 6.20. The topological polar surface area (TPSA) is 84.9 Å². The fourth-order valence-corrected chi connectivity index (χ4v) is 2.92. The minimum absolute atomic E-state index is 0.0623. The predicted molar refractivity (Wildman–Crippen MR) is 103 cm³/mol. The van der Waals surface area contributed by atoms with Crippen molar-refractivity contribution in [1.82, 2.24) is 5.32 Å². The Bertz CT molecular complexity index is 794. The molecule has 2 N–H and O–H groups in total. The molecule has 0 bridgehead atoms. The van der Waals surface area contributed by atoms with Crippen molar-refractivity contribution in [3.8, 4) is 11.5 Å². The number of benzene rings is 2. The number of hydrogen-bond donors (Lipinski definition) is 2. The van der Waals surface area contributed by atoms with Gasteiger partial charge in [0.2, 0.25) is 0 Å². The van der Waals surface area contributed by atoms with Crippen LogP contribution in [0.4, 0.5) is 0 Å². The van der Waals surface area contributed by atoms with Crippen molar-refractivity contribution in [2.24, 2.45) is 0 Å². The Morgan fingerprint density at radius 2 is 1.93 bits per heavy atom. The molecule has 0 saturated carbocycles. The maximum absolute atomic E-state index is 12.7. The Morgan fingerprint density at radius 3 is 2.52 bits per heavy atom. The molecule has 0 fully saturated rings. The molecule has 2 rings (SSSR count). The van der Waals surface area contributed by atoms with Crippen LogP contribution in [0.5, 0.6) is 11.5 Å². The van der Waals surface area contributed by atoms with E-state index >= 15 is 0 Å². The molecule has 0 heterocycles. The predicted octanol–water partition coefficient (Wildman–Crippen LogP) is 4.08. The van der Waals surface area contributed by atoms with E-state index in [9.17, 15) is 9.59 Å². The van der Waals surface area contributed by atoms with Crippen molar-refractivity contribution < 1.29 is 24.2 Å². The zero-order valence-electron chi connectivity index (χ0n) is 15.2. The minimum atomic E-state index is -0.920. The van der Waals surface area contributed by atoms with E-state index < -0.39 is 12.0 Å². The van der Waals surface area contributed by atoms with Gasteiger partial charge in [0.25, 0.3) is 5.91 Å². The van der Waals surface area contributed by atoms with Crippen LogP contribution in [0.3, 0.4) is 0 Å². The molecule has 0 radical (unpaired) electrons. The molecule has 0 aromatic heterocycles. The fourth-order valence-electron chi connectivity index (χ4n) is 2.65. The molecule has 1 amide bonds. The third-order valence-electron chi connectivity index (χ3n) is 3.93. The highest BCUT2D eigenvalue weighted by Gasteiger charge is 2.20. The molecular formula is C20H22ClNO5. The van der Waals surface area contributed by atoms with Gasteiger partial charge in [-0.15, -0.1) is 0 Å². The lowest BCUT2D eigenvalue weighted by molar-refractivity contribution is -0.137. The summed E-state index contributed by atoms with van der Waals surface area (Å²) in [7, 11) is 1.47. The van der Waals surface area contributed by atoms with E-state index in [4.69, 9.17) is 26.2 Å². The SMILES string of the molecule is CCOc1c(Cl)cc(C(=O)NC(CCC(=O)O)c2ccccc2)cc1OC. The summed E-state index contributed by atoms with van der Waals surface area (Å²) < 4.78 is 10.7. The Kier molecular flexibility index (Phi) is 7.49. The van der Waals surface area contributed by atoms with E-state index in [2.05, 4.69) is 5.32 Å². The number of methoxy groups -OCH3 is 1. The van der Waals surface area contributed by atoms with Crippen molar-refractivity contribution in [1.29, 1.82) is 0 Å². The summed E-state index contributed by atoms with van der Waals surface area (Å²) in [4.78, 5) is 23.7. The number of carbonyl (C=O) groups excluding carboxylic acids is 1. The standard InChI is InChI=1S/C20H22ClNO5/c1-3-27-19-15(21)11-14(12-17(19)26-2)20(25)22-16(9-10-18(23)24)13-7-5-4-6-8-13/h4-8,11-12,16H,3,9-10H2,1-2H3,(H,22,25)(H,23,24). The third kappa shape index (κ3) is 5.62. The number of rotatable bonds is 9. The number of carbonyl (C=O) groups is 2. The number of aliphatic carboxylic acids is 1. The third-order valence-corrected chi connectivity index (χ3v) is 4.22. The number of carboxylic acids is 1. The van der Waals surface area contributed by atoms with Crippen molar-refractivity contribution in [3.63, 3.8) is 0 Å². The van der Waals surface area contributed by atoms with Gasteiger partial charge >= 0.3 is 5.97 Å². The van der Waals surface area contributed by atoms with Gasteiger partial charge in [-0.25, -0.2) is 0 Å². The lowest BCUT2D eigenvalue weighted by Gasteiger charge is -2.19. The van der Waals surface area contributed by atoms with Gasteiger partial charge in [0.1, 0.15) is 0 Å². The first-order valence-corrected chi connectivity index (χ1v) is 8.92. The summed E-state index contributed by atoms with van der Waals surface area (Å²) in [5, 5.41) is 12.1. The highest BCUT2D eigenvalue weighted by Crippen LogP contribution is 2.36. The van der Waals surface area contributed by atoms with Gasteiger partial charge in [-0.2, -0.15) is 0 Å². The average molecular weight is 392 g/mol. The van der Waals surface area contributed by atoms with Crippen LogP contribution >= 0.6 is 11.6 Å². The highest BCUT2D eigenvalue weighted by molar-refractivity contribution is 6.32. The van der Waals surface area contributed by atoms with E-state index in [1.165, 1.54) is 13.2 Å². The number of carboxylic acid groups (broad SMARTS) is 1. The lowest BCUT2D eigenvalue weighted by atomic mass is 10.0. The van der Waals surface area contributed by atoms with Crippen LogP contribution in [0.2, 0.25) is 5.02 Å². The van der Waals surface area contributed by atoms with Gasteiger partial charge in [-0.1, -0.05) is 41.9 Å². The van der Waals surface area contributed by atoms with Gasteiger partial charge in [0.15, 0.2) is 11.5 Å². The van der Waals surface area contributed by atoms with Gasteiger partial charge < -0.3 is 19.9 Å². The lowest BCUT2D eigenvalue weighted by Crippen LogP contribution is -2.29. The second kappa shape index (κ2) is 9.83. The molecule has 7 heteroatoms. The Balaban J connectivity index is 2.26. The molecule has 6 nitrogen and oxygen atoms in total. The molecule has 1 atom stereocenters. The number of halogens is 1. The van der Waals surface area contributed by atoms with Crippen molar-refractivity contribution in [2.45, 2.75) is 25.8 Å². The maximum Gasteiger partial charge on any atom is 0.303 e. The van der Waals surface area contributed by atoms with Crippen molar-refractivity contribution in [2.75, 3.05) is 13.7 Å². The van der Waals surface area contributed by atoms with Crippen LogP contribution in [0, 0.1) is 0 Å². The molecule has 0 aliphatic rings. The summed E-state index contributed by atoms with van der Waals surface area (Å²) in [6, 6.07) is 11.8. The van der Waals surface area contributed by atoms with E-state index in [0.29, 0.717) is 23.7 Å². The van der Waals surface area contributed by atoms with Crippen molar-refractivity contribution >= 4 is 23.5 Å². The zero-order chi connectivity index (χ0) is 19.8. The number of hydrogen-bond acceptors (Lipinski definition) is 4. The minimum Gasteiger partial charge on any atom is -0.493 e. The second-order valence-electron chi connectivity index (χ2n) is 5.79. The molecule has 0 saturated heterocycles. The van der Waals surface area contributed by atoms with Crippen LogP contribution in [0.1, 0.15) is 41.7 Å². The smallest absolute Gasteiger partial charge is 0.303 e. The van der Waals surface area contributed by atoms with Crippen LogP contribution < -0.4 is 14.8 Å². The number of amides is 1. The molecule has 2 aromatic rings. The quantitative estimate of drug-likeness (QED) is 0.672. The monoisotopic (exact) mass is 391 g/mol. The van der Waals surface area contributed by atoms with Gasteiger partial charge in [-0.3, -0.25) is 9.59 Å². The summed E-state index contributed by atoms with van der Waals surface area (Å²) in [6.07, 6.45) is 0.209. The summed E-state index contributed by atoms with van der Waals surface area (Å²) in [5.41, 5.74) is 1.13. The van der Waals surface area contributed by atoms with Crippen LogP contribution in [0.15, 0.2) is 42.5 Å². The van der Waals surface area contributed by atoms with Crippen molar-refractivity contribution in [3.05, 3.63) is 58.6 Å². The molecule has 0 spiro atoms. The maximum atomic E-state index is 12.7. The van der Waals surface area contributed by atoms with Gasteiger partial charge in [0, 0.05) is 12.0 Å². The van der Waals surface area contributed by atoms with E-state index in [0.717, 1.165) is 5.56 Å². The Labute approximate surface area is 163 Å². The molecular weight excluding hydrogens is 370 g/mol. The van der Waals surface area contributed by atoms with Crippen LogP contribution in [-0.4, -0.2) is 30.7 Å². The first-order valence-electron chi connectivity index (χ1n) is 8.54. The molecule has 0 aliphatic heterocycles. The Hall–Kier alpha value is -2.73. The first-order chi connectivity index (χ1) is 13.0. The van der Waals surface area contributed by atoms with Gasteiger partial charge in [-0.05, 0) is 31.0 Å². The van der Waals surface area contributed by atoms with E-state index in [-0.39, 0.29) is 23.8 Å². The normalized spacial score (nSPS) is 11.5. The highest BCUT2D eigenvalue weighted by atomic mass is 35.5. The average Bonchev–Trinajstić information content (AvgIpc) is 2.66. The van der Waals surface area contributed by atoms with E-state index in [1.54, 1.807) is 6.07 Å². The molecule has 27 heavy (non-hydrogen) atoms. The molecule has 2 aromatic carbocycles. The fraction of sp³-hybridized carbons (Fsp3) is 0.300. The number of ether oxygens (including phenoxy) is 2. The zero-order valence-corrected chi connectivity index (χ0v) is 16.0. The summed E-state index contributed by atoms with van der Waals surface area (Å²) in [5.74, 6) is -0.562. The number of nitrogens with one attached hydrogen (secondary N) is 1. The van der Waals surface area contributed by atoms with Crippen LogP contribution in [-0.2, 0) is 4.79 Å². The molecule has 0 aliphatic carbocycles. The molecule has 144 valence electrons. The van der Waals surface area contributed by atoms with Crippen LogP contribution in [0.25, 0.3) is 0 Å². The summed E-state index contributed by atoms with van der Waals surface area (Å²) in [6.45, 7) is 2.23.